The molecule has 0 amide bonds. The van der Waals surface area contributed by atoms with Crippen molar-refractivity contribution in [2.45, 2.75) is 84.5 Å². The zero-order valence-corrected chi connectivity index (χ0v) is 22.8. The number of halogens is 1. The first kappa shape index (κ1) is 23.4. The normalized spacial score (nSPS) is 32.5. The maximum absolute atomic E-state index is 6.47. The number of methoxy groups -OCH3 is 1. The third-order valence-electron chi connectivity index (χ3n) is 8.70. The van der Waals surface area contributed by atoms with Crippen molar-refractivity contribution in [1.29, 1.82) is 0 Å². The third kappa shape index (κ3) is 4.08. The van der Waals surface area contributed by atoms with Gasteiger partial charge in [0.05, 0.1) is 0 Å². The molecule has 2 atom stereocenters. The lowest BCUT2D eigenvalue weighted by atomic mass is 9.39. The molecule has 0 saturated heterocycles. The van der Waals surface area contributed by atoms with Crippen LogP contribution in [0.25, 0.3) is 11.1 Å². The predicted molar refractivity (Wildman–Crippen MR) is 140 cm³/mol. The van der Waals surface area contributed by atoms with Gasteiger partial charge in [-0.3, -0.25) is 0 Å². The average molecular weight is 512 g/mol. The molecule has 4 saturated carbocycles. The fourth-order valence-corrected chi connectivity index (χ4v) is 9.11. The van der Waals surface area contributed by atoms with Gasteiger partial charge in [0, 0.05) is 28.1 Å². The summed E-state index contributed by atoms with van der Waals surface area (Å²) in [6.45, 7) is 12.1. The van der Waals surface area contributed by atoms with E-state index in [-0.39, 0.29) is 12.2 Å². The highest BCUT2D eigenvalue weighted by atomic mass is 79.9. The van der Waals surface area contributed by atoms with Crippen LogP contribution in [0.5, 0.6) is 5.75 Å². The second kappa shape index (κ2) is 8.12. The Hall–Kier alpha value is -1.32. The molecule has 0 spiro atoms. The van der Waals surface area contributed by atoms with E-state index in [9.17, 15) is 0 Å². The van der Waals surface area contributed by atoms with Crippen LogP contribution < -0.4 is 4.74 Å². The minimum atomic E-state index is 0.205. The molecule has 2 nitrogen and oxygen atoms in total. The molecule has 0 heterocycles. The van der Waals surface area contributed by atoms with Crippen molar-refractivity contribution in [3.63, 3.8) is 0 Å². The van der Waals surface area contributed by atoms with Crippen molar-refractivity contribution < 1.29 is 9.47 Å². The van der Waals surface area contributed by atoms with Gasteiger partial charge >= 0.3 is 0 Å². The first-order valence-corrected chi connectivity index (χ1v) is 13.4. The van der Waals surface area contributed by atoms with E-state index in [1.54, 1.807) is 7.11 Å². The van der Waals surface area contributed by atoms with Gasteiger partial charge in [0.1, 0.15) is 5.75 Å². The smallest absolute Gasteiger partial charge is 0.188 e. The molecule has 0 radical (unpaired) electrons. The fourth-order valence-electron chi connectivity index (χ4n) is 8.50. The van der Waals surface area contributed by atoms with Crippen LogP contribution in [0.1, 0.15) is 88.8 Å². The molecule has 0 N–H and O–H groups in total. The van der Waals surface area contributed by atoms with Crippen LogP contribution in [-0.2, 0) is 10.2 Å². The van der Waals surface area contributed by atoms with Gasteiger partial charge in [0.25, 0.3) is 0 Å². The van der Waals surface area contributed by atoms with Crippen LogP contribution in [0.4, 0.5) is 0 Å². The SMILES string of the molecule is COCOc1c(-c2ccc(C(C)C)cc2Br)cc(C)cc1C12CC3CC(C)(CC(C)(C3)C1)C2. The molecule has 4 aliphatic rings. The van der Waals surface area contributed by atoms with Crippen LogP contribution in [0.3, 0.4) is 0 Å². The molecular weight excluding hydrogens is 472 g/mol. The molecule has 2 aromatic carbocycles. The molecular formula is C30H39BrO2. The number of hydrogen-bond acceptors (Lipinski definition) is 2. The Morgan fingerprint density at radius 3 is 2.24 bits per heavy atom. The summed E-state index contributed by atoms with van der Waals surface area (Å²) in [6.07, 6.45) is 8.06. The van der Waals surface area contributed by atoms with Crippen LogP contribution in [0.2, 0.25) is 0 Å². The Kier molecular flexibility index (Phi) is 5.77. The summed E-state index contributed by atoms with van der Waals surface area (Å²) >= 11 is 3.90. The molecule has 178 valence electrons. The highest BCUT2D eigenvalue weighted by Gasteiger charge is 2.61. The van der Waals surface area contributed by atoms with Gasteiger partial charge in [-0.15, -0.1) is 0 Å². The number of aryl methyl sites for hydroxylation is 1. The third-order valence-corrected chi connectivity index (χ3v) is 9.36. The number of hydrogen-bond donors (Lipinski definition) is 0. The largest absolute Gasteiger partial charge is 0.467 e. The molecule has 4 fully saturated rings. The van der Waals surface area contributed by atoms with Gasteiger partial charge in [-0.25, -0.2) is 0 Å². The number of benzene rings is 2. The molecule has 6 rings (SSSR count). The minimum Gasteiger partial charge on any atom is -0.467 e. The maximum Gasteiger partial charge on any atom is 0.188 e. The highest BCUT2D eigenvalue weighted by molar-refractivity contribution is 9.10. The summed E-state index contributed by atoms with van der Waals surface area (Å²) in [4.78, 5) is 0. The number of rotatable bonds is 6. The zero-order valence-electron chi connectivity index (χ0n) is 21.2. The summed E-state index contributed by atoms with van der Waals surface area (Å²) in [5.41, 5.74) is 7.60. The lowest BCUT2D eigenvalue weighted by molar-refractivity contribution is -0.110. The average Bonchev–Trinajstić information content (AvgIpc) is 2.69. The standard InChI is InChI=1S/C30H39BrO2/c1-19(2)22-7-8-23(26(31)11-22)24-9-20(3)10-25(27(24)33-18-32-6)30-14-21-12-28(4,16-30)15-29(5,13-21)17-30/h7-11,19,21H,12-18H2,1-6H3. The van der Waals surface area contributed by atoms with Gasteiger partial charge in [0.15, 0.2) is 6.79 Å². The molecule has 33 heavy (non-hydrogen) atoms. The van der Waals surface area contributed by atoms with E-state index in [0.29, 0.717) is 16.7 Å². The first-order chi connectivity index (χ1) is 15.6. The summed E-state index contributed by atoms with van der Waals surface area (Å²) in [5, 5.41) is 0. The molecule has 4 bridgehead atoms. The second-order valence-electron chi connectivity index (χ2n) is 12.5. The Balaban J connectivity index is 1.69. The van der Waals surface area contributed by atoms with Gasteiger partial charge in [0.2, 0.25) is 0 Å². The van der Waals surface area contributed by atoms with E-state index in [1.165, 1.54) is 66.3 Å². The monoisotopic (exact) mass is 510 g/mol. The first-order valence-electron chi connectivity index (χ1n) is 12.6. The predicted octanol–water partition coefficient (Wildman–Crippen LogP) is 8.78. The quantitative estimate of drug-likeness (QED) is 0.361. The van der Waals surface area contributed by atoms with Crippen LogP contribution in [-0.4, -0.2) is 13.9 Å². The van der Waals surface area contributed by atoms with Crippen molar-refractivity contribution in [2.75, 3.05) is 13.9 Å². The van der Waals surface area contributed by atoms with E-state index in [1.807, 2.05) is 0 Å². The molecule has 0 aromatic heterocycles. The Morgan fingerprint density at radius 2 is 1.67 bits per heavy atom. The van der Waals surface area contributed by atoms with E-state index >= 15 is 0 Å². The van der Waals surface area contributed by atoms with Gasteiger partial charge in [-0.2, -0.15) is 0 Å². The summed E-state index contributed by atoms with van der Waals surface area (Å²) in [6, 6.07) is 11.5. The topological polar surface area (TPSA) is 18.5 Å². The van der Waals surface area contributed by atoms with Crippen molar-refractivity contribution in [2.24, 2.45) is 16.7 Å². The summed E-state index contributed by atoms with van der Waals surface area (Å²) in [7, 11) is 1.72. The van der Waals surface area contributed by atoms with E-state index in [2.05, 4.69) is 80.9 Å². The maximum atomic E-state index is 6.47. The molecule has 3 heteroatoms. The van der Waals surface area contributed by atoms with Crippen molar-refractivity contribution >= 4 is 15.9 Å². The molecule has 2 aromatic rings. The summed E-state index contributed by atoms with van der Waals surface area (Å²) < 4.78 is 13.0. The van der Waals surface area contributed by atoms with E-state index in [4.69, 9.17) is 9.47 Å². The van der Waals surface area contributed by atoms with Crippen molar-refractivity contribution in [3.05, 3.63) is 51.5 Å². The Morgan fingerprint density at radius 1 is 0.970 bits per heavy atom. The zero-order chi connectivity index (χ0) is 23.6. The van der Waals surface area contributed by atoms with Gasteiger partial charge in [-0.05, 0) is 96.9 Å². The molecule has 2 unspecified atom stereocenters. The lowest BCUT2D eigenvalue weighted by Gasteiger charge is -2.65. The summed E-state index contributed by atoms with van der Waals surface area (Å²) in [5.74, 6) is 2.38. The van der Waals surface area contributed by atoms with E-state index < -0.39 is 0 Å². The van der Waals surface area contributed by atoms with Crippen molar-refractivity contribution in [3.8, 4) is 16.9 Å². The van der Waals surface area contributed by atoms with E-state index in [0.717, 1.165) is 16.1 Å². The second-order valence-corrected chi connectivity index (χ2v) is 13.4. The fraction of sp³-hybridized carbons (Fsp3) is 0.600. The van der Waals surface area contributed by atoms with Crippen LogP contribution in [0, 0.1) is 23.7 Å². The Bertz CT molecular complexity index is 1050. The molecule has 4 aliphatic carbocycles. The van der Waals surface area contributed by atoms with Crippen LogP contribution in [0.15, 0.2) is 34.8 Å². The highest BCUT2D eigenvalue weighted by Crippen LogP contribution is 2.70. The van der Waals surface area contributed by atoms with Gasteiger partial charge < -0.3 is 9.47 Å². The van der Waals surface area contributed by atoms with Crippen LogP contribution >= 0.6 is 15.9 Å². The minimum absolute atomic E-state index is 0.205. The van der Waals surface area contributed by atoms with Gasteiger partial charge in [-0.1, -0.05) is 61.8 Å². The number of ether oxygens (including phenoxy) is 2. The van der Waals surface area contributed by atoms with Crippen molar-refractivity contribution in [1.82, 2.24) is 0 Å². The Labute approximate surface area is 208 Å². The molecule has 0 aliphatic heterocycles. The lowest BCUT2D eigenvalue weighted by Crippen LogP contribution is -2.56.